The highest BCUT2D eigenvalue weighted by atomic mass is 79.9. The van der Waals surface area contributed by atoms with Crippen molar-refractivity contribution in [2.45, 2.75) is 32.2 Å². The molecule has 6 nitrogen and oxygen atoms in total. The molecule has 0 bridgehead atoms. The fourth-order valence-corrected chi connectivity index (χ4v) is 2.00. The van der Waals surface area contributed by atoms with E-state index in [-0.39, 0.29) is 12.5 Å². The molecular weight excluding hydrogens is 326 g/mol. The zero-order valence-electron chi connectivity index (χ0n) is 11.4. The highest BCUT2D eigenvalue weighted by molar-refractivity contribution is 9.10. The summed E-state index contributed by atoms with van der Waals surface area (Å²) < 4.78 is 0.815. The minimum Gasteiger partial charge on any atom is -0.480 e. The van der Waals surface area contributed by atoms with E-state index < -0.39 is 11.5 Å². The third kappa shape index (κ3) is 4.28. The van der Waals surface area contributed by atoms with E-state index in [1.54, 1.807) is 32.2 Å². The third-order valence-corrected chi connectivity index (χ3v) is 3.67. The molecule has 0 aliphatic rings. The second-order valence-electron chi connectivity index (χ2n) is 4.36. The van der Waals surface area contributed by atoms with Gasteiger partial charge in [0, 0.05) is 10.7 Å². The maximum Gasteiger partial charge on any atom is 0.323 e. The molecule has 7 heteroatoms. The van der Waals surface area contributed by atoms with Gasteiger partial charge in [-0.15, -0.1) is 0 Å². The largest absolute Gasteiger partial charge is 0.480 e. The molecule has 0 unspecified atom stereocenters. The fraction of sp³-hybridized carbons (Fsp3) is 0.462. The van der Waals surface area contributed by atoms with Gasteiger partial charge in [0.15, 0.2) is 0 Å². The lowest BCUT2D eigenvalue weighted by atomic mass is 9.93. The number of hydrogen-bond acceptors (Lipinski definition) is 4. The normalized spacial score (nSPS) is 11.2. The molecule has 1 aromatic heterocycles. The number of rotatable bonds is 7. The molecule has 110 valence electrons. The summed E-state index contributed by atoms with van der Waals surface area (Å²) in [6.45, 7) is 3.48. The van der Waals surface area contributed by atoms with Crippen molar-refractivity contribution in [1.29, 1.82) is 0 Å². The summed E-state index contributed by atoms with van der Waals surface area (Å²) in [6.07, 6.45) is 2.38. The van der Waals surface area contributed by atoms with E-state index in [0.29, 0.717) is 18.7 Å². The van der Waals surface area contributed by atoms with Crippen LogP contribution in [-0.2, 0) is 9.59 Å². The van der Waals surface area contributed by atoms with Crippen LogP contribution in [0.3, 0.4) is 0 Å². The predicted octanol–water partition coefficient (Wildman–Crippen LogP) is 2.02. The van der Waals surface area contributed by atoms with Crippen molar-refractivity contribution in [3.8, 4) is 0 Å². The number of nitrogens with one attached hydrogen (secondary N) is 2. The second kappa shape index (κ2) is 7.35. The number of nitrogens with zero attached hydrogens (tertiary/aromatic N) is 1. The van der Waals surface area contributed by atoms with Gasteiger partial charge in [-0.2, -0.15) is 0 Å². The number of aliphatic carboxylic acids is 1. The number of carbonyl (C=O) groups excluding carboxylic acids is 1. The van der Waals surface area contributed by atoms with Crippen LogP contribution < -0.4 is 10.6 Å². The lowest BCUT2D eigenvalue weighted by molar-refractivity contribution is -0.145. The van der Waals surface area contributed by atoms with E-state index in [0.717, 1.165) is 4.47 Å². The maximum atomic E-state index is 11.8. The average Bonchev–Trinajstić information content (AvgIpc) is 2.43. The van der Waals surface area contributed by atoms with Crippen LogP contribution in [0.4, 0.5) is 5.82 Å². The second-order valence-corrected chi connectivity index (χ2v) is 5.27. The van der Waals surface area contributed by atoms with Gasteiger partial charge in [0.1, 0.15) is 11.4 Å². The summed E-state index contributed by atoms with van der Waals surface area (Å²) in [5, 5.41) is 14.7. The smallest absolute Gasteiger partial charge is 0.323 e. The van der Waals surface area contributed by atoms with Crippen molar-refractivity contribution in [3.63, 3.8) is 0 Å². The monoisotopic (exact) mass is 343 g/mol. The first-order chi connectivity index (χ1) is 9.43. The number of hydrogen-bond donors (Lipinski definition) is 3. The quantitative estimate of drug-likeness (QED) is 0.704. The van der Waals surface area contributed by atoms with Gasteiger partial charge in [0.25, 0.3) is 0 Å². The van der Waals surface area contributed by atoms with Gasteiger partial charge in [-0.25, -0.2) is 4.98 Å². The summed E-state index contributed by atoms with van der Waals surface area (Å²) in [5.41, 5.74) is -1.06. The van der Waals surface area contributed by atoms with E-state index in [1.807, 2.05) is 0 Å². The lowest BCUT2D eigenvalue weighted by Gasteiger charge is -2.27. The van der Waals surface area contributed by atoms with Gasteiger partial charge in [-0.05, 0) is 40.9 Å². The number of amides is 1. The Morgan fingerprint density at radius 2 is 2.00 bits per heavy atom. The maximum absolute atomic E-state index is 11.8. The lowest BCUT2D eigenvalue weighted by Crippen LogP contribution is -2.53. The van der Waals surface area contributed by atoms with Gasteiger partial charge in [0.2, 0.25) is 5.91 Å². The van der Waals surface area contributed by atoms with Crippen LogP contribution in [0.25, 0.3) is 0 Å². The molecule has 1 rings (SSSR count). The summed E-state index contributed by atoms with van der Waals surface area (Å²) in [4.78, 5) is 27.1. The van der Waals surface area contributed by atoms with Crippen LogP contribution in [0.2, 0.25) is 0 Å². The number of carboxylic acid groups (broad SMARTS) is 1. The average molecular weight is 344 g/mol. The van der Waals surface area contributed by atoms with Crippen molar-refractivity contribution in [2.75, 3.05) is 11.9 Å². The molecule has 0 saturated carbocycles. The summed E-state index contributed by atoms with van der Waals surface area (Å²) in [6, 6.07) is 3.42. The third-order valence-electron chi connectivity index (χ3n) is 3.20. The summed E-state index contributed by atoms with van der Waals surface area (Å²) >= 11 is 3.25. The molecule has 0 aliphatic carbocycles. The molecule has 0 spiro atoms. The SMILES string of the molecule is CCC(CC)(NCC(=O)Nc1ccc(Br)cn1)C(=O)O. The summed E-state index contributed by atoms with van der Waals surface area (Å²) in [7, 11) is 0. The van der Waals surface area contributed by atoms with E-state index in [9.17, 15) is 14.7 Å². The minimum atomic E-state index is -1.06. The van der Waals surface area contributed by atoms with Gasteiger partial charge in [0.05, 0.1) is 6.54 Å². The van der Waals surface area contributed by atoms with Crippen LogP contribution in [0, 0.1) is 0 Å². The van der Waals surface area contributed by atoms with E-state index in [4.69, 9.17) is 0 Å². The predicted molar refractivity (Wildman–Crippen MR) is 79.5 cm³/mol. The molecule has 0 atom stereocenters. The van der Waals surface area contributed by atoms with Gasteiger partial charge < -0.3 is 10.4 Å². The Morgan fingerprint density at radius 1 is 1.35 bits per heavy atom. The Balaban J connectivity index is 2.58. The molecule has 20 heavy (non-hydrogen) atoms. The van der Waals surface area contributed by atoms with Crippen LogP contribution in [0.15, 0.2) is 22.8 Å². The molecule has 0 aromatic carbocycles. The number of carboxylic acids is 1. The zero-order valence-corrected chi connectivity index (χ0v) is 13.0. The minimum absolute atomic E-state index is 0.0777. The molecule has 0 aliphatic heterocycles. The first-order valence-electron chi connectivity index (χ1n) is 6.33. The van der Waals surface area contributed by atoms with E-state index >= 15 is 0 Å². The number of carbonyl (C=O) groups is 2. The number of anilines is 1. The Kier molecular flexibility index (Phi) is 6.09. The first kappa shape index (κ1) is 16.6. The van der Waals surface area contributed by atoms with Gasteiger partial charge >= 0.3 is 5.97 Å². The highest BCUT2D eigenvalue weighted by Gasteiger charge is 2.34. The molecule has 0 radical (unpaired) electrons. The van der Waals surface area contributed by atoms with Crippen LogP contribution in [0.1, 0.15) is 26.7 Å². The number of aromatic nitrogens is 1. The Bertz CT molecular complexity index is 472. The van der Waals surface area contributed by atoms with Crippen molar-refractivity contribution < 1.29 is 14.7 Å². The number of pyridine rings is 1. The van der Waals surface area contributed by atoms with Gasteiger partial charge in [-0.1, -0.05) is 13.8 Å². The van der Waals surface area contributed by atoms with Crippen molar-refractivity contribution in [2.24, 2.45) is 0 Å². The number of halogens is 1. The van der Waals surface area contributed by atoms with Crippen LogP contribution in [0.5, 0.6) is 0 Å². The topological polar surface area (TPSA) is 91.3 Å². The Labute approximate surface area is 126 Å². The van der Waals surface area contributed by atoms with E-state index in [2.05, 4.69) is 31.5 Å². The standard InChI is InChI=1S/C13H18BrN3O3/c1-3-13(4-2,12(19)20)16-8-11(18)17-10-6-5-9(14)7-15-10/h5-7,16H,3-4,8H2,1-2H3,(H,19,20)(H,15,17,18). The van der Waals surface area contributed by atoms with Crippen molar-refractivity contribution in [1.82, 2.24) is 10.3 Å². The zero-order chi connectivity index (χ0) is 15.2. The molecule has 1 aromatic rings. The van der Waals surface area contributed by atoms with Gasteiger partial charge in [-0.3, -0.25) is 14.9 Å². The Morgan fingerprint density at radius 3 is 2.45 bits per heavy atom. The molecule has 1 heterocycles. The molecule has 0 saturated heterocycles. The van der Waals surface area contributed by atoms with Crippen LogP contribution >= 0.6 is 15.9 Å². The van der Waals surface area contributed by atoms with Crippen LogP contribution in [-0.4, -0.2) is 34.1 Å². The summed E-state index contributed by atoms with van der Waals surface area (Å²) in [5.74, 6) is -0.849. The first-order valence-corrected chi connectivity index (χ1v) is 7.12. The molecule has 0 fully saturated rings. The molecule has 3 N–H and O–H groups in total. The Hall–Kier alpha value is -1.47. The fourth-order valence-electron chi connectivity index (χ4n) is 1.76. The van der Waals surface area contributed by atoms with Crippen molar-refractivity contribution >= 4 is 33.6 Å². The van der Waals surface area contributed by atoms with Crippen molar-refractivity contribution in [3.05, 3.63) is 22.8 Å². The molecule has 1 amide bonds. The molecular formula is C13H18BrN3O3. The highest BCUT2D eigenvalue weighted by Crippen LogP contribution is 2.15. The van der Waals surface area contributed by atoms with E-state index in [1.165, 1.54) is 0 Å².